The van der Waals surface area contributed by atoms with Gasteiger partial charge in [0.25, 0.3) is 0 Å². The van der Waals surface area contributed by atoms with E-state index in [0.717, 1.165) is 67.2 Å². The smallest absolute Gasteiger partial charge is 0.217 e. The predicted octanol–water partition coefficient (Wildman–Crippen LogP) is 4.15. The molecular formula is C22H30N6OS2. The number of benzene rings is 1. The maximum Gasteiger partial charge on any atom is 0.217 e. The Hall–Kier alpha value is -2.07. The van der Waals surface area contributed by atoms with Crippen molar-refractivity contribution in [1.29, 1.82) is 0 Å². The van der Waals surface area contributed by atoms with Crippen LogP contribution >= 0.6 is 23.6 Å². The number of hydrogen-bond acceptors (Lipinski definition) is 7. The number of methoxy groups -OCH3 is 1. The Morgan fingerprint density at radius 1 is 1.06 bits per heavy atom. The van der Waals surface area contributed by atoms with Crippen LogP contribution in [0.5, 0.6) is 5.75 Å². The second kappa shape index (κ2) is 9.20. The van der Waals surface area contributed by atoms with Gasteiger partial charge in [0.15, 0.2) is 0 Å². The summed E-state index contributed by atoms with van der Waals surface area (Å²) in [6.45, 7) is 12.1. The van der Waals surface area contributed by atoms with Crippen LogP contribution in [0.1, 0.15) is 32.3 Å². The molecule has 0 saturated carbocycles. The van der Waals surface area contributed by atoms with E-state index in [1.54, 1.807) is 18.4 Å². The monoisotopic (exact) mass is 458 g/mol. The maximum absolute atomic E-state index is 5.45. The Kier molecular flexibility index (Phi) is 6.57. The lowest BCUT2D eigenvalue weighted by atomic mass is 9.96. The maximum atomic E-state index is 5.45. The first-order valence-electron chi connectivity index (χ1n) is 10.5. The molecule has 1 aliphatic rings. The summed E-state index contributed by atoms with van der Waals surface area (Å²) in [7, 11) is 1.68. The molecule has 0 atom stereocenters. The second-order valence-corrected chi connectivity index (χ2v) is 10.2. The first-order valence-corrected chi connectivity index (χ1v) is 11.8. The summed E-state index contributed by atoms with van der Waals surface area (Å²) in [5, 5.41) is 6.60. The third-order valence-corrected chi connectivity index (χ3v) is 6.72. The molecule has 0 amide bonds. The van der Waals surface area contributed by atoms with Gasteiger partial charge in [-0.3, -0.25) is 14.9 Å². The summed E-state index contributed by atoms with van der Waals surface area (Å²) < 4.78 is 7.84. The number of piperazine rings is 1. The predicted molar refractivity (Wildman–Crippen MR) is 127 cm³/mol. The molecule has 31 heavy (non-hydrogen) atoms. The second-order valence-electron chi connectivity index (χ2n) is 8.94. The summed E-state index contributed by atoms with van der Waals surface area (Å²) in [6, 6.07) is 8.08. The molecule has 1 aliphatic heterocycles. The van der Waals surface area contributed by atoms with Crippen molar-refractivity contribution in [3.63, 3.8) is 0 Å². The minimum Gasteiger partial charge on any atom is -0.497 e. The average Bonchev–Trinajstić information content (AvgIpc) is 3.36. The SMILES string of the molecule is COc1ccc(-c2nc(CN3CCN(Cn4[nH]c(C(C)(C)C)nc4=S)CC3)cs2)cc1. The number of aromatic nitrogens is 4. The quantitative estimate of drug-likeness (QED) is 0.560. The number of hydrogen-bond donors (Lipinski definition) is 1. The van der Waals surface area contributed by atoms with E-state index < -0.39 is 0 Å². The highest BCUT2D eigenvalue weighted by atomic mass is 32.1. The van der Waals surface area contributed by atoms with E-state index in [-0.39, 0.29) is 5.41 Å². The number of aromatic amines is 1. The van der Waals surface area contributed by atoms with E-state index in [0.29, 0.717) is 4.77 Å². The molecule has 3 heterocycles. The lowest BCUT2D eigenvalue weighted by Crippen LogP contribution is -2.46. The molecule has 3 aromatic rings. The van der Waals surface area contributed by atoms with E-state index in [1.807, 2.05) is 16.8 Å². The molecule has 166 valence electrons. The van der Waals surface area contributed by atoms with Gasteiger partial charge in [0.2, 0.25) is 4.77 Å². The third-order valence-electron chi connectivity index (χ3n) is 5.47. The molecule has 1 aromatic carbocycles. The average molecular weight is 459 g/mol. The van der Waals surface area contributed by atoms with Gasteiger partial charge in [0.05, 0.1) is 19.5 Å². The van der Waals surface area contributed by atoms with Crippen LogP contribution in [0.25, 0.3) is 10.6 Å². The molecule has 2 aromatic heterocycles. The summed E-state index contributed by atoms with van der Waals surface area (Å²) in [4.78, 5) is 14.3. The molecule has 9 heteroatoms. The lowest BCUT2D eigenvalue weighted by Gasteiger charge is -2.34. The normalized spacial score (nSPS) is 16.0. The van der Waals surface area contributed by atoms with Crippen LogP contribution in [0.15, 0.2) is 29.6 Å². The largest absolute Gasteiger partial charge is 0.497 e. The molecule has 0 radical (unpaired) electrons. The molecule has 0 unspecified atom stereocenters. The Labute approximate surface area is 192 Å². The van der Waals surface area contributed by atoms with E-state index in [9.17, 15) is 0 Å². The first-order chi connectivity index (χ1) is 14.8. The zero-order valence-electron chi connectivity index (χ0n) is 18.6. The first kappa shape index (κ1) is 22.1. The van der Waals surface area contributed by atoms with Crippen molar-refractivity contribution in [3.05, 3.63) is 45.9 Å². The van der Waals surface area contributed by atoms with Crippen LogP contribution in [0.4, 0.5) is 0 Å². The lowest BCUT2D eigenvalue weighted by molar-refractivity contribution is 0.0973. The highest BCUT2D eigenvalue weighted by molar-refractivity contribution is 7.71. The van der Waals surface area contributed by atoms with Crippen LogP contribution < -0.4 is 4.74 Å². The van der Waals surface area contributed by atoms with Crippen LogP contribution in [0, 0.1) is 4.77 Å². The van der Waals surface area contributed by atoms with Crippen molar-refractivity contribution >= 4 is 23.6 Å². The van der Waals surface area contributed by atoms with Gasteiger partial charge in [-0.2, -0.15) is 0 Å². The van der Waals surface area contributed by atoms with Gasteiger partial charge in [-0.05, 0) is 36.5 Å². The van der Waals surface area contributed by atoms with Crippen molar-refractivity contribution in [2.24, 2.45) is 0 Å². The van der Waals surface area contributed by atoms with Crippen molar-refractivity contribution < 1.29 is 4.74 Å². The van der Waals surface area contributed by atoms with Crippen molar-refractivity contribution in [1.82, 2.24) is 29.5 Å². The number of H-pyrrole nitrogens is 1. The standard InChI is InChI=1S/C22H30N6OS2/c1-22(2,3)20-24-21(30)28(25-20)15-27-11-9-26(10-12-27)13-17-14-31-19(23-17)16-5-7-18(29-4)8-6-16/h5-8,14H,9-13,15H2,1-4H3,(H,24,25,30). The number of rotatable bonds is 6. The molecular weight excluding hydrogens is 428 g/mol. The van der Waals surface area contributed by atoms with Gasteiger partial charge in [-0.1, -0.05) is 20.8 Å². The van der Waals surface area contributed by atoms with Gasteiger partial charge in [-0.15, -0.1) is 11.3 Å². The molecule has 1 fully saturated rings. The van der Waals surface area contributed by atoms with Gasteiger partial charge in [0, 0.05) is 49.1 Å². The Morgan fingerprint density at radius 3 is 2.35 bits per heavy atom. The minimum atomic E-state index is -0.0320. The number of nitrogens with one attached hydrogen (secondary N) is 1. The molecule has 0 spiro atoms. The Balaban J connectivity index is 1.30. The van der Waals surface area contributed by atoms with Crippen LogP contribution in [0.3, 0.4) is 0 Å². The fourth-order valence-corrected chi connectivity index (χ4v) is 4.56. The van der Waals surface area contributed by atoms with Crippen LogP contribution in [-0.2, 0) is 18.6 Å². The molecule has 4 rings (SSSR count). The summed E-state index contributed by atoms with van der Waals surface area (Å²) in [6.07, 6.45) is 0. The topological polar surface area (TPSA) is 62.2 Å². The molecule has 0 aliphatic carbocycles. The van der Waals surface area contributed by atoms with Gasteiger partial charge in [-0.25, -0.2) is 14.6 Å². The molecule has 0 bridgehead atoms. The number of ether oxygens (including phenoxy) is 1. The number of nitrogens with zero attached hydrogens (tertiary/aromatic N) is 5. The summed E-state index contributed by atoms with van der Waals surface area (Å²) in [5.74, 6) is 1.80. The van der Waals surface area contributed by atoms with Crippen molar-refractivity contribution in [3.8, 4) is 16.3 Å². The van der Waals surface area contributed by atoms with Crippen LogP contribution in [-0.4, -0.2) is 62.8 Å². The fraction of sp³-hybridized carbons (Fsp3) is 0.500. The van der Waals surface area contributed by atoms with Gasteiger partial charge < -0.3 is 4.74 Å². The van der Waals surface area contributed by atoms with Crippen LogP contribution in [0.2, 0.25) is 0 Å². The molecule has 1 N–H and O–H groups in total. The highest BCUT2D eigenvalue weighted by Gasteiger charge is 2.21. The zero-order chi connectivity index (χ0) is 22.0. The number of thiazole rings is 1. The molecule has 7 nitrogen and oxygen atoms in total. The third kappa shape index (κ3) is 5.41. The fourth-order valence-electron chi connectivity index (χ4n) is 3.55. The summed E-state index contributed by atoms with van der Waals surface area (Å²) in [5.41, 5.74) is 2.23. The Morgan fingerprint density at radius 2 is 1.74 bits per heavy atom. The van der Waals surface area contributed by atoms with E-state index >= 15 is 0 Å². The zero-order valence-corrected chi connectivity index (χ0v) is 20.2. The van der Waals surface area contributed by atoms with Crippen molar-refractivity contribution in [2.75, 3.05) is 33.3 Å². The van der Waals surface area contributed by atoms with E-state index in [2.05, 4.69) is 58.2 Å². The van der Waals surface area contributed by atoms with Gasteiger partial charge in [0.1, 0.15) is 16.6 Å². The molecule has 1 saturated heterocycles. The van der Waals surface area contributed by atoms with Gasteiger partial charge >= 0.3 is 0 Å². The van der Waals surface area contributed by atoms with E-state index in [1.165, 1.54) is 0 Å². The minimum absolute atomic E-state index is 0.0320. The van der Waals surface area contributed by atoms with E-state index in [4.69, 9.17) is 21.9 Å². The summed E-state index contributed by atoms with van der Waals surface area (Å²) >= 11 is 7.14. The highest BCUT2D eigenvalue weighted by Crippen LogP contribution is 2.26. The van der Waals surface area contributed by atoms with Crippen molar-refractivity contribution in [2.45, 2.75) is 39.4 Å². The Bertz CT molecular complexity index is 1050.